The molecule has 1 aromatic carbocycles. The predicted molar refractivity (Wildman–Crippen MR) is 82.9 cm³/mol. The number of nitrogens with zero attached hydrogens (tertiary/aromatic N) is 1. The van der Waals surface area contributed by atoms with E-state index in [-0.39, 0.29) is 6.04 Å². The van der Waals surface area contributed by atoms with Crippen LogP contribution >= 0.6 is 11.6 Å². The molecule has 0 saturated carbocycles. The Morgan fingerprint density at radius 3 is 2.80 bits per heavy atom. The smallest absolute Gasteiger partial charge is 0.134 e. The monoisotopic (exact) mass is 294 g/mol. The maximum absolute atomic E-state index is 5.83. The van der Waals surface area contributed by atoms with Gasteiger partial charge in [0.05, 0.1) is 19.8 Å². The number of benzene rings is 1. The number of hydrogen-bond acceptors (Lipinski definition) is 4. The highest BCUT2D eigenvalue weighted by Crippen LogP contribution is 2.29. The van der Waals surface area contributed by atoms with Gasteiger partial charge in [0, 0.05) is 30.0 Å². The van der Waals surface area contributed by atoms with Crippen LogP contribution in [-0.2, 0) is 4.74 Å². The molecule has 2 rings (SSSR count). The summed E-state index contributed by atoms with van der Waals surface area (Å²) in [5.74, 6) is 2.25. The van der Waals surface area contributed by atoms with E-state index in [1.165, 1.54) is 0 Å². The van der Waals surface area contributed by atoms with Crippen LogP contribution in [0.4, 0.5) is 5.82 Å². The van der Waals surface area contributed by atoms with Crippen LogP contribution in [0, 0.1) is 0 Å². The lowest BCUT2D eigenvalue weighted by atomic mass is 10.1. The Kier molecular flexibility index (Phi) is 5.44. The van der Waals surface area contributed by atoms with Gasteiger partial charge in [0.25, 0.3) is 0 Å². The van der Waals surface area contributed by atoms with Gasteiger partial charge in [-0.15, -0.1) is 11.6 Å². The van der Waals surface area contributed by atoms with Gasteiger partial charge in [-0.25, -0.2) is 4.98 Å². The van der Waals surface area contributed by atoms with E-state index in [0.29, 0.717) is 12.5 Å². The molecule has 1 aromatic heterocycles. The first kappa shape index (κ1) is 14.9. The largest absolute Gasteiger partial charge is 0.496 e. The number of halogens is 1. The number of hydrogen-bond donors (Lipinski definition) is 1. The second-order valence-electron chi connectivity index (χ2n) is 4.49. The maximum Gasteiger partial charge on any atom is 0.134 e. The van der Waals surface area contributed by atoms with Crippen LogP contribution in [-0.4, -0.2) is 37.7 Å². The van der Waals surface area contributed by atoms with Crippen molar-refractivity contribution in [2.75, 3.05) is 32.0 Å². The predicted octanol–water partition coefficient (Wildman–Crippen LogP) is 3.30. The lowest BCUT2D eigenvalue weighted by Crippen LogP contribution is -2.26. The topological polar surface area (TPSA) is 43.4 Å². The fraction of sp³-hybridized carbons (Fsp3) is 0.400. The molecule has 5 heteroatoms. The zero-order valence-electron chi connectivity index (χ0n) is 11.7. The lowest BCUT2D eigenvalue weighted by Gasteiger charge is -2.19. The number of methoxy groups -OCH3 is 2. The maximum atomic E-state index is 5.83. The van der Waals surface area contributed by atoms with E-state index in [4.69, 9.17) is 21.1 Å². The number of nitrogens with one attached hydrogen (secondary N) is 1. The lowest BCUT2D eigenvalue weighted by molar-refractivity contribution is 0.184. The first-order valence-corrected chi connectivity index (χ1v) is 7.06. The van der Waals surface area contributed by atoms with Crippen molar-refractivity contribution in [3.63, 3.8) is 0 Å². The van der Waals surface area contributed by atoms with Gasteiger partial charge in [0.15, 0.2) is 0 Å². The molecule has 20 heavy (non-hydrogen) atoms. The zero-order chi connectivity index (χ0) is 14.4. The molecule has 108 valence electrons. The summed E-state index contributed by atoms with van der Waals surface area (Å²) in [6.45, 7) is 0.592. The molecule has 0 aliphatic heterocycles. The SMILES string of the molecule is COCC(CCCl)Nc1nccc2c(OC)cccc12. The molecule has 0 aliphatic carbocycles. The molecule has 1 heterocycles. The Labute approximate surface area is 124 Å². The molecular weight excluding hydrogens is 276 g/mol. The average molecular weight is 295 g/mol. The molecule has 1 N–H and O–H groups in total. The third-order valence-electron chi connectivity index (χ3n) is 3.15. The van der Waals surface area contributed by atoms with Crippen LogP contribution in [0.15, 0.2) is 30.5 Å². The number of pyridine rings is 1. The fourth-order valence-electron chi connectivity index (χ4n) is 2.19. The minimum Gasteiger partial charge on any atom is -0.496 e. The summed E-state index contributed by atoms with van der Waals surface area (Å²) in [5.41, 5.74) is 0. The molecule has 1 unspecified atom stereocenters. The second-order valence-corrected chi connectivity index (χ2v) is 4.87. The number of rotatable bonds is 7. The Hall–Kier alpha value is -1.52. The summed E-state index contributed by atoms with van der Waals surface area (Å²) in [6.07, 6.45) is 2.59. The molecule has 4 nitrogen and oxygen atoms in total. The van der Waals surface area contributed by atoms with Crippen LogP contribution in [0.5, 0.6) is 5.75 Å². The Bertz CT molecular complexity index is 557. The number of fused-ring (bicyclic) bond motifs is 1. The molecule has 0 saturated heterocycles. The van der Waals surface area contributed by atoms with E-state index in [2.05, 4.69) is 10.3 Å². The molecular formula is C15H19ClN2O2. The minimum absolute atomic E-state index is 0.141. The molecule has 2 aromatic rings. The van der Waals surface area contributed by atoms with Crippen molar-refractivity contribution < 1.29 is 9.47 Å². The summed E-state index contributed by atoms with van der Waals surface area (Å²) in [7, 11) is 3.35. The van der Waals surface area contributed by atoms with E-state index in [0.717, 1.165) is 28.8 Å². The standard InChI is InChI=1S/C15H19ClN2O2/c1-19-10-11(6-8-16)18-15-13-4-3-5-14(20-2)12(13)7-9-17-15/h3-5,7,9,11H,6,8,10H2,1-2H3,(H,17,18). The van der Waals surface area contributed by atoms with Crippen molar-refractivity contribution in [1.82, 2.24) is 4.98 Å². The Morgan fingerprint density at radius 2 is 2.10 bits per heavy atom. The summed E-state index contributed by atoms with van der Waals surface area (Å²) in [6, 6.07) is 8.02. The normalized spacial score (nSPS) is 12.3. The van der Waals surface area contributed by atoms with Crippen molar-refractivity contribution in [2.24, 2.45) is 0 Å². The van der Waals surface area contributed by atoms with Crippen molar-refractivity contribution in [1.29, 1.82) is 0 Å². The van der Waals surface area contributed by atoms with Crippen LogP contribution < -0.4 is 10.1 Å². The third-order valence-corrected chi connectivity index (χ3v) is 3.37. The van der Waals surface area contributed by atoms with Gasteiger partial charge in [-0.3, -0.25) is 0 Å². The van der Waals surface area contributed by atoms with Gasteiger partial charge in [0.2, 0.25) is 0 Å². The highest BCUT2D eigenvalue weighted by Gasteiger charge is 2.12. The van der Waals surface area contributed by atoms with Crippen molar-refractivity contribution in [3.05, 3.63) is 30.5 Å². The Morgan fingerprint density at radius 1 is 1.25 bits per heavy atom. The molecule has 1 atom stereocenters. The van der Waals surface area contributed by atoms with Gasteiger partial charge in [-0.2, -0.15) is 0 Å². The van der Waals surface area contributed by atoms with E-state index >= 15 is 0 Å². The Balaban J connectivity index is 2.34. The average Bonchev–Trinajstić information content (AvgIpc) is 2.47. The molecule has 0 amide bonds. The van der Waals surface area contributed by atoms with Crippen molar-refractivity contribution >= 4 is 28.2 Å². The summed E-state index contributed by atoms with van der Waals surface area (Å²) in [5, 5.41) is 5.47. The molecule has 0 radical (unpaired) electrons. The first-order chi connectivity index (χ1) is 9.80. The van der Waals surface area contributed by atoms with E-state index in [9.17, 15) is 0 Å². The highest BCUT2D eigenvalue weighted by molar-refractivity contribution is 6.17. The number of ether oxygens (including phenoxy) is 2. The highest BCUT2D eigenvalue weighted by atomic mass is 35.5. The molecule has 0 fully saturated rings. The molecule has 0 bridgehead atoms. The summed E-state index contributed by atoms with van der Waals surface area (Å²) in [4.78, 5) is 4.42. The molecule has 0 aliphatic rings. The zero-order valence-corrected chi connectivity index (χ0v) is 12.5. The van der Waals surface area contributed by atoms with Crippen LogP contribution in [0.3, 0.4) is 0 Å². The number of aromatic nitrogens is 1. The quantitative estimate of drug-likeness (QED) is 0.796. The van der Waals surface area contributed by atoms with Gasteiger partial charge < -0.3 is 14.8 Å². The van der Waals surface area contributed by atoms with Crippen molar-refractivity contribution in [3.8, 4) is 5.75 Å². The van der Waals surface area contributed by atoms with Gasteiger partial charge in [-0.05, 0) is 18.6 Å². The van der Waals surface area contributed by atoms with Gasteiger partial charge in [0.1, 0.15) is 11.6 Å². The van der Waals surface area contributed by atoms with E-state index < -0.39 is 0 Å². The van der Waals surface area contributed by atoms with Gasteiger partial charge >= 0.3 is 0 Å². The van der Waals surface area contributed by atoms with Gasteiger partial charge in [-0.1, -0.05) is 12.1 Å². The third kappa shape index (κ3) is 3.32. The number of anilines is 1. The minimum atomic E-state index is 0.141. The van der Waals surface area contributed by atoms with Crippen LogP contribution in [0.1, 0.15) is 6.42 Å². The van der Waals surface area contributed by atoms with Crippen LogP contribution in [0.25, 0.3) is 10.8 Å². The van der Waals surface area contributed by atoms with Crippen molar-refractivity contribution in [2.45, 2.75) is 12.5 Å². The van der Waals surface area contributed by atoms with Crippen LogP contribution in [0.2, 0.25) is 0 Å². The second kappa shape index (κ2) is 7.31. The van der Waals surface area contributed by atoms with E-state index in [1.54, 1.807) is 20.4 Å². The number of alkyl halides is 1. The molecule has 0 spiro atoms. The first-order valence-electron chi connectivity index (χ1n) is 6.53. The van der Waals surface area contributed by atoms with E-state index in [1.807, 2.05) is 24.3 Å². The fourth-order valence-corrected chi connectivity index (χ4v) is 2.46. The summed E-state index contributed by atoms with van der Waals surface area (Å²) < 4.78 is 10.6. The summed E-state index contributed by atoms with van der Waals surface area (Å²) >= 11 is 5.83.